The van der Waals surface area contributed by atoms with Gasteiger partial charge in [0.1, 0.15) is 0 Å². The Bertz CT molecular complexity index is 713. The summed E-state index contributed by atoms with van der Waals surface area (Å²) in [5.74, 6) is 0.407. The van der Waals surface area contributed by atoms with E-state index in [2.05, 4.69) is 10.3 Å². The van der Waals surface area contributed by atoms with E-state index in [1.54, 1.807) is 6.20 Å². The van der Waals surface area contributed by atoms with Crippen LogP contribution in [0.25, 0.3) is 0 Å². The Labute approximate surface area is 141 Å². The smallest absolute Gasteiger partial charge is 0.227 e. The van der Waals surface area contributed by atoms with Gasteiger partial charge in [0.25, 0.3) is 0 Å². The first-order chi connectivity index (χ1) is 11.6. The molecule has 1 aliphatic heterocycles. The van der Waals surface area contributed by atoms with Crippen molar-refractivity contribution >= 4 is 17.5 Å². The number of carbonyl (C=O) groups excluding carboxylic acids is 2. The maximum absolute atomic E-state index is 12.2. The second kappa shape index (κ2) is 7.25. The number of pyridine rings is 1. The lowest BCUT2D eigenvalue weighted by Crippen LogP contribution is -2.24. The topological polar surface area (TPSA) is 62.3 Å². The van der Waals surface area contributed by atoms with Crippen LogP contribution in [-0.2, 0) is 22.6 Å². The van der Waals surface area contributed by atoms with E-state index in [0.717, 1.165) is 29.9 Å². The number of para-hydroxylation sites is 1. The van der Waals surface area contributed by atoms with Gasteiger partial charge in [0.15, 0.2) is 0 Å². The van der Waals surface area contributed by atoms with Crippen LogP contribution >= 0.6 is 0 Å². The average Bonchev–Trinajstić information content (AvgIpc) is 2.95. The maximum Gasteiger partial charge on any atom is 0.227 e. The standard InChI is InChI=1S/C19H21N3O2/c1-14(23)20-11-15-7-8-17(21-12-15)9-16-10-19(24)22(13-16)18-5-3-2-4-6-18/h2-8,12,16H,9-11,13H2,1H3,(H,20,23). The van der Waals surface area contributed by atoms with Gasteiger partial charge in [-0.1, -0.05) is 24.3 Å². The first-order valence-electron chi connectivity index (χ1n) is 8.15. The molecule has 2 amide bonds. The summed E-state index contributed by atoms with van der Waals surface area (Å²) in [5, 5.41) is 2.75. The highest BCUT2D eigenvalue weighted by Crippen LogP contribution is 2.26. The normalized spacial score (nSPS) is 17.1. The van der Waals surface area contributed by atoms with Crippen LogP contribution in [0.2, 0.25) is 0 Å². The van der Waals surface area contributed by atoms with Gasteiger partial charge in [0.2, 0.25) is 11.8 Å². The van der Waals surface area contributed by atoms with Crippen molar-refractivity contribution < 1.29 is 9.59 Å². The summed E-state index contributed by atoms with van der Waals surface area (Å²) in [6, 6.07) is 13.7. The van der Waals surface area contributed by atoms with Crippen molar-refractivity contribution in [2.24, 2.45) is 5.92 Å². The molecule has 0 aliphatic carbocycles. The number of nitrogens with one attached hydrogen (secondary N) is 1. The van der Waals surface area contributed by atoms with E-state index >= 15 is 0 Å². The van der Waals surface area contributed by atoms with Gasteiger partial charge in [-0.2, -0.15) is 0 Å². The summed E-state index contributed by atoms with van der Waals surface area (Å²) in [6.45, 7) is 2.72. The van der Waals surface area contributed by atoms with E-state index in [-0.39, 0.29) is 17.7 Å². The molecule has 1 aromatic heterocycles. The zero-order valence-corrected chi connectivity index (χ0v) is 13.7. The van der Waals surface area contributed by atoms with Gasteiger partial charge in [-0.05, 0) is 36.1 Å². The first kappa shape index (κ1) is 16.2. The molecule has 1 atom stereocenters. The lowest BCUT2D eigenvalue weighted by molar-refractivity contribution is -0.119. The molecule has 1 N–H and O–H groups in total. The highest BCUT2D eigenvalue weighted by molar-refractivity contribution is 5.95. The van der Waals surface area contributed by atoms with Crippen molar-refractivity contribution in [3.63, 3.8) is 0 Å². The van der Waals surface area contributed by atoms with E-state index in [9.17, 15) is 9.59 Å². The highest BCUT2D eigenvalue weighted by atomic mass is 16.2. The fraction of sp³-hybridized carbons (Fsp3) is 0.316. The zero-order valence-electron chi connectivity index (χ0n) is 13.7. The molecule has 5 nitrogen and oxygen atoms in total. The van der Waals surface area contributed by atoms with Gasteiger partial charge in [0, 0.05) is 44.0 Å². The minimum atomic E-state index is -0.0513. The van der Waals surface area contributed by atoms with Gasteiger partial charge in [-0.25, -0.2) is 0 Å². The first-order valence-corrected chi connectivity index (χ1v) is 8.15. The quantitative estimate of drug-likeness (QED) is 0.918. The van der Waals surface area contributed by atoms with E-state index in [4.69, 9.17) is 0 Å². The molecule has 124 valence electrons. The predicted molar refractivity (Wildman–Crippen MR) is 92.4 cm³/mol. The number of anilines is 1. The van der Waals surface area contributed by atoms with E-state index in [0.29, 0.717) is 13.0 Å². The van der Waals surface area contributed by atoms with E-state index < -0.39 is 0 Å². The third kappa shape index (κ3) is 3.98. The summed E-state index contributed by atoms with van der Waals surface area (Å²) in [7, 11) is 0. The minimum Gasteiger partial charge on any atom is -0.352 e. The lowest BCUT2D eigenvalue weighted by Gasteiger charge is -2.16. The molecule has 0 saturated carbocycles. The molecule has 1 unspecified atom stereocenters. The maximum atomic E-state index is 12.2. The number of aromatic nitrogens is 1. The Hall–Kier alpha value is -2.69. The number of benzene rings is 1. The van der Waals surface area contributed by atoms with Crippen molar-refractivity contribution in [2.75, 3.05) is 11.4 Å². The number of hydrogen-bond donors (Lipinski definition) is 1. The Morgan fingerprint density at radius 1 is 1.25 bits per heavy atom. The van der Waals surface area contributed by atoms with Crippen LogP contribution < -0.4 is 10.2 Å². The third-order valence-corrected chi connectivity index (χ3v) is 4.20. The molecule has 5 heteroatoms. The minimum absolute atomic E-state index is 0.0513. The summed E-state index contributed by atoms with van der Waals surface area (Å²) >= 11 is 0. The summed E-state index contributed by atoms with van der Waals surface area (Å²) in [6.07, 6.45) is 3.14. The summed E-state index contributed by atoms with van der Waals surface area (Å²) in [4.78, 5) is 29.5. The molecule has 1 aromatic carbocycles. The molecular weight excluding hydrogens is 302 g/mol. The fourth-order valence-corrected chi connectivity index (χ4v) is 2.98. The van der Waals surface area contributed by atoms with Crippen LogP contribution in [0.15, 0.2) is 48.7 Å². The van der Waals surface area contributed by atoms with E-state index in [1.807, 2.05) is 47.4 Å². The van der Waals surface area contributed by atoms with Crippen LogP contribution in [0, 0.1) is 5.92 Å². The van der Waals surface area contributed by atoms with Gasteiger partial charge in [0.05, 0.1) is 0 Å². The fourth-order valence-electron chi connectivity index (χ4n) is 2.98. The van der Waals surface area contributed by atoms with Crippen LogP contribution in [0.5, 0.6) is 0 Å². The largest absolute Gasteiger partial charge is 0.352 e. The zero-order chi connectivity index (χ0) is 16.9. The van der Waals surface area contributed by atoms with Gasteiger partial charge in [-0.15, -0.1) is 0 Å². The number of amides is 2. The molecule has 0 spiro atoms. The van der Waals surface area contributed by atoms with Gasteiger partial charge < -0.3 is 10.2 Å². The number of rotatable bonds is 5. The van der Waals surface area contributed by atoms with Crippen molar-refractivity contribution in [1.82, 2.24) is 10.3 Å². The number of hydrogen-bond acceptors (Lipinski definition) is 3. The second-order valence-corrected chi connectivity index (χ2v) is 6.18. The third-order valence-electron chi connectivity index (χ3n) is 4.20. The second-order valence-electron chi connectivity index (χ2n) is 6.18. The SMILES string of the molecule is CC(=O)NCc1ccc(CC2CC(=O)N(c3ccccc3)C2)nc1. The molecular formula is C19H21N3O2. The molecule has 24 heavy (non-hydrogen) atoms. The Morgan fingerprint density at radius 3 is 2.71 bits per heavy atom. The van der Waals surface area contributed by atoms with Gasteiger partial charge >= 0.3 is 0 Å². The average molecular weight is 323 g/mol. The molecule has 1 fully saturated rings. The lowest BCUT2D eigenvalue weighted by atomic mass is 10.0. The predicted octanol–water partition coefficient (Wildman–Crippen LogP) is 2.31. The van der Waals surface area contributed by atoms with Gasteiger partial charge in [-0.3, -0.25) is 14.6 Å². The summed E-state index contributed by atoms with van der Waals surface area (Å²) < 4.78 is 0. The molecule has 0 radical (unpaired) electrons. The van der Waals surface area contributed by atoms with Crippen molar-refractivity contribution in [3.8, 4) is 0 Å². The van der Waals surface area contributed by atoms with Crippen molar-refractivity contribution in [2.45, 2.75) is 26.3 Å². The van der Waals surface area contributed by atoms with Crippen molar-refractivity contribution in [3.05, 3.63) is 59.9 Å². The van der Waals surface area contributed by atoms with E-state index in [1.165, 1.54) is 6.92 Å². The van der Waals surface area contributed by atoms with Crippen LogP contribution in [-0.4, -0.2) is 23.3 Å². The Morgan fingerprint density at radius 2 is 2.04 bits per heavy atom. The number of nitrogens with zero attached hydrogens (tertiary/aromatic N) is 2. The molecule has 1 saturated heterocycles. The highest BCUT2D eigenvalue weighted by Gasteiger charge is 2.30. The number of carbonyl (C=O) groups is 2. The molecule has 3 rings (SSSR count). The Balaban J connectivity index is 1.59. The Kier molecular flexibility index (Phi) is 4.89. The summed E-state index contributed by atoms with van der Waals surface area (Å²) in [5.41, 5.74) is 2.92. The monoisotopic (exact) mass is 323 g/mol. The van der Waals surface area contributed by atoms with Crippen molar-refractivity contribution in [1.29, 1.82) is 0 Å². The molecule has 1 aliphatic rings. The molecule has 0 bridgehead atoms. The van der Waals surface area contributed by atoms with Crippen LogP contribution in [0.4, 0.5) is 5.69 Å². The molecule has 2 heterocycles. The van der Waals surface area contributed by atoms with Crippen LogP contribution in [0.3, 0.4) is 0 Å². The van der Waals surface area contributed by atoms with Crippen LogP contribution in [0.1, 0.15) is 24.6 Å². The molecule has 2 aromatic rings.